The molecule has 0 aromatic heterocycles. The van der Waals surface area contributed by atoms with Gasteiger partial charge in [-0.05, 0) is 38.5 Å². The third kappa shape index (κ3) is 37.5. The van der Waals surface area contributed by atoms with Crippen molar-refractivity contribution >= 4 is 13.8 Å². The molecule has 0 aliphatic carbocycles. The number of phosphoric acid groups is 1. The molecule has 0 saturated heterocycles. The van der Waals surface area contributed by atoms with Crippen molar-refractivity contribution in [3.8, 4) is 0 Å². The summed E-state index contributed by atoms with van der Waals surface area (Å²) in [6, 6.07) is 0. The average molecular weight is 724 g/mol. The predicted octanol–water partition coefficient (Wildman–Crippen LogP) is 10.4. The first-order valence-electron chi connectivity index (χ1n) is 19.5. The minimum atomic E-state index is -4.54. The molecule has 0 rings (SSSR count). The molecule has 50 heavy (non-hydrogen) atoms. The van der Waals surface area contributed by atoms with Crippen LogP contribution in [0.25, 0.3) is 0 Å². The molecule has 0 N–H and O–H groups in total. The monoisotopic (exact) mass is 724 g/mol. The summed E-state index contributed by atoms with van der Waals surface area (Å²) in [5, 5.41) is 0. The fraction of sp³-hybridized carbons (Fsp3) is 0.732. The van der Waals surface area contributed by atoms with Gasteiger partial charge in [-0.25, -0.2) is 0 Å². The SMILES string of the molecule is CC/C=C\C/C=C\C/C=C\C/C=C\C/C=C\CC(=O)OC(COCCCCCCCCCCCCCCC)COP(=O)([O-])OCC[N+](C)(C)C. The number of ether oxygens (including phenoxy) is 2. The van der Waals surface area contributed by atoms with Crippen molar-refractivity contribution < 1.29 is 37.3 Å². The summed E-state index contributed by atoms with van der Waals surface area (Å²) < 4.78 is 34.3. The Morgan fingerprint density at radius 3 is 1.56 bits per heavy atom. The molecule has 0 aliphatic rings. The van der Waals surface area contributed by atoms with E-state index in [1.54, 1.807) is 6.08 Å². The minimum Gasteiger partial charge on any atom is -0.756 e. The van der Waals surface area contributed by atoms with E-state index in [-0.39, 0.29) is 26.2 Å². The summed E-state index contributed by atoms with van der Waals surface area (Å²) in [5.74, 6) is -0.462. The van der Waals surface area contributed by atoms with Crippen molar-refractivity contribution in [1.82, 2.24) is 0 Å². The molecule has 290 valence electrons. The van der Waals surface area contributed by atoms with Crippen molar-refractivity contribution in [3.05, 3.63) is 60.8 Å². The Balaban J connectivity index is 4.45. The molecule has 0 amide bonds. The van der Waals surface area contributed by atoms with Gasteiger partial charge in [0.05, 0.1) is 40.8 Å². The van der Waals surface area contributed by atoms with E-state index in [4.69, 9.17) is 18.5 Å². The Morgan fingerprint density at radius 1 is 0.620 bits per heavy atom. The molecular formula is C41H74NO7P. The van der Waals surface area contributed by atoms with Gasteiger partial charge in [0.15, 0.2) is 0 Å². The zero-order valence-electron chi connectivity index (χ0n) is 32.6. The molecule has 0 aromatic carbocycles. The molecule has 0 bridgehead atoms. The summed E-state index contributed by atoms with van der Waals surface area (Å²) in [7, 11) is 1.29. The highest BCUT2D eigenvalue weighted by Gasteiger charge is 2.20. The van der Waals surface area contributed by atoms with Gasteiger partial charge in [-0.2, -0.15) is 0 Å². The van der Waals surface area contributed by atoms with Gasteiger partial charge < -0.3 is 27.9 Å². The lowest BCUT2D eigenvalue weighted by atomic mass is 10.0. The molecule has 0 aromatic rings. The normalized spacial score (nSPS) is 14.6. The van der Waals surface area contributed by atoms with Crippen LogP contribution >= 0.6 is 7.82 Å². The van der Waals surface area contributed by atoms with Gasteiger partial charge in [0, 0.05) is 6.61 Å². The molecule has 0 aliphatic heterocycles. The number of hydrogen-bond acceptors (Lipinski definition) is 7. The third-order valence-electron chi connectivity index (χ3n) is 7.87. The minimum absolute atomic E-state index is 0.00828. The molecule has 0 saturated carbocycles. The Bertz CT molecular complexity index is 984. The first kappa shape index (κ1) is 48.2. The highest BCUT2D eigenvalue weighted by Crippen LogP contribution is 2.38. The van der Waals surface area contributed by atoms with Gasteiger partial charge in [0.2, 0.25) is 0 Å². The average Bonchev–Trinajstić information content (AvgIpc) is 3.06. The summed E-state index contributed by atoms with van der Waals surface area (Å²) in [5.41, 5.74) is 0. The van der Waals surface area contributed by atoms with Crippen molar-refractivity contribution in [3.63, 3.8) is 0 Å². The standard InChI is InChI=1S/C41H74NO7P/c1-6-8-10-12-14-16-18-20-21-22-24-26-28-30-32-34-41(43)49-40(39-48-50(44,45)47-37-35-42(3,4)5)38-46-36-33-31-29-27-25-23-19-17-15-13-11-9-7-2/h8,10,14,16,20-21,24,26,30,32,40H,6-7,9,11-13,15,17-19,22-23,25,27-29,31,33-39H2,1-5H3/b10-8-,16-14-,21-20-,26-24-,32-30-. The van der Waals surface area contributed by atoms with E-state index in [0.29, 0.717) is 24.1 Å². The third-order valence-corrected chi connectivity index (χ3v) is 8.83. The molecule has 0 fully saturated rings. The summed E-state index contributed by atoms with van der Waals surface area (Å²) in [6.45, 7) is 5.14. The number of phosphoric ester groups is 1. The number of hydrogen-bond donors (Lipinski definition) is 0. The maximum absolute atomic E-state index is 12.6. The molecule has 0 spiro atoms. The largest absolute Gasteiger partial charge is 0.756 e. The second-order valence-electron chi connectivity index (χ2n) is 13.9. The Labute approximate surface area is 307 Å². The van der Waals surface area contributed by atoms with E-state index < -0.39 is 19.9 Å². The second-order valence-corrected chi connectivity index (χ2v) is 15.3. The van der Waals surface area contributed by atoms with Gasteiger partial charge in [-0.15, -0.1) is 0 Å². The number of likely N-dealkylation sites (N-methyl/N-ethyl adjacent to an activating group) is 1. The van der Waals surface area contributed by atoms with Crippen LogP contribution in [0.4, 0.5) is 0 Å². The van der Waals surface area contributed by atoms with Crippen LogP contribution in [0.2, 0.25) is 0 Å². The van der Waals surface area contributed by atoms with Gasteiger partial charge in [0.1, 0.15) is 19.3 Å². The maximum atomic E-state index is 12.6. The van der Waals surface area contributed by atoms with Crippen LogP contribution in [-0.4, -0.2) is 70.7 Å². The van der Waals surface area contributed by atoms with Gasteiger partial charge >= 0.3 is 5.97 Å². The number of nitrogens with zero attached hydrogens (tertiary/aromatic N) is 1. The van der Waals surface area contributed by atoms with E-state index in [0.717, 1.165) is 38.5 Å². The van der Waals surface area contributed by atoms with Crippen LogP contribution in [0.5, 0.6) is 0 Å². The van der Waals surface area contributed by atoms with Crippen LogP contribution < -0.4 is 4.89 Å². The zero-order valence-corrected chi connectivity index (χ0v) is 33.5. The first-order chi connectivity index (χ1) is 24.1. The van der Waals surface area contributed by atoms with Crippen LogP contribution in [0.3, 0.4) is 0 Å². The number of rotatable bonds is 35. The van der Waals surface area contributed by atoms with Crippen molar-refractivity contribution in [2.75, 3.05) is 54.1 Å². The van der Waals surface area contributed by atoms with E-state index in [1.165, 1.54) is 70.6 Å². The first-order valence-corrected chi connectivity index (χ1v) is 21.0. The van der Waals surface area contributed by atoms with Crippen molar-refractivity contribution in [2.45, 2.75) is 142 Å². The van der Waals surface area contributed by atoms with Crippen LogP contribution in [0, 0.1) is 0 Å². The molecule has 2 unspecified atom stereocenters. The summed E-state index contributed by atoms with van der Waals surface area (Å²) in [4.78, 5) is 24.9. The lowest BCUT2D eigenvalue weighted by molar-refractivity contribution is -0.870. The zero-order chi connectivity index (χ0) is 37.0. The van der Waals surface area contributed by atoms with E-state index in [1.807, 2.05) is 27.2 Å². The number of allylic oxidation sites excluding steroid dienone is 9. The number of carbonyl (C=O) groups is 1. The fourth-order valence-electron chi connectivity index (χ4n) is 4.86. The molecule has 8 nitrogen and oxygen atoms in total. The van der Waals surface area contributed by atoms with Crippen molar-refractivity contribution in [2.24, 2.45) is 0 Å². The summed E-state index contributed by atoms with van der Waals surface area (Å²) >= 11 is 0. The predicted molar refractivity (Wildman–Crippen MR) is 208 cm³/mol. The quantitative estimate of drug-likeness (QED) is 0.0211. The van der Waals surface area contributed by atoms with Crippen molar-refractivity contribution in [1.29, 1.82) is 0 Å². The second kappa shape index (κ2) is 34.3. The molecule has 2 atom stereocenters. The van der Waals surface area contributed by atoms with Crippen LogP contribution in [0.1, 0.15) is 136 Å². The van der Waals surface area contributed by atoms with Crippen LogP contribution in [-0.2, 0) is 27.9 Å². The van der Waals surface area contributed by atoms with Crippen LogP contribution in [0.15, 0.2) is 60.8 Å². The van der Waals surface area contributed by atoms with E-state index >= 15 is 0 Å². The smallest absolute Gasteiger partial charge is 0.310 e. The lowest BCUT2D eigenvalue weighted by Crippen LogP contribution is -2.37. The Morgan fingerprint density at radius 2 is 1.08 bits per heavy atom. The molecule has 0 radical (unpaired) electrons. The number of unbranched alkanes of at least 4 members (excludes halogenated alkanes) is 12. The number of carbonyl (C=O) groups excluding carboxylic acids is 1. The van der Waals surface area contributed by atoms with E-state index in [2.05, 4.69) is 62.5 Å². The van der Waals surface area contributed by atoms with E-state index in [9.17, 15) is 14.3 Å². The molecule has 9 heteroatoms. The highest BCUT2D eigenvalue weighted by molar-refractivity contribution is 7.45. The summed E-state index contributed by atoms with van der Waals surface area (Å²) in [6.07, 6.45) is 41.2. The molecular weight excluding hydrogens is 649 g/mol. The lowest BCUT2D eigenvalue weighted by Gasteiger charge is -2.28. The highest BCUT2D eigenvalue weighted by atomic mass is 31.2. The maximum Gasteiger partial charge on any atom is 0.310 e. The Hall–Kier alpha value is -1.80. The topological polar surface area (TPSA) is 94.1 Å². The molecule has 0 heterocycles. The number of esters is 1. The van der Waals surface area contributed by atoms with Gasteiger partial charge in [-0.3, -0.25) is 9.36 Å². The van der Waals surface area contributed by atoms with Gasteiger partial charge in [-0.1, -0.05) is 152 Å². The Kier molecular flexibility index (Phi) is 33.1. The van der Waals surface area contributed by atoms with Gasteiger partial charge in [0.25, 0.3) is 7.82 Å². The number of quaternary nitrogens is 1. The fourth-order valence-corrected chi connectivity index (χ4v) is 5.58.